The minimum absolute atomic E-state index is 0.0238. The fourth-order valence-electron chi connectivity index (χ4n) is 1.87. The van der Waals surface area contributed by atoms with Gasteiger partial charge in [0.05, 0.1) is 0 Å². The Bertz CT molecular complexity index is 503. The molecule has 1 aromatic carbocycles. The van der Waals surface area contributed by atoms with Gasteiger partial charge in [0.15, 0.2) is 0 Å². The Kier molecular flexibility index (Phi) is 5.78. The molecule has 0 aromatic heterocycles. The molecule has 102 valence electrons. The predicted octanol–water partition coefficient (Wildman–Crippen LogP) is 2.09. The van der Waals surface area contributed by atoms with E-state index in [0.29, 0.717) is 12.8 Å². The number of rotatable bonds is 6. The highest BCUT2D eigenvalue weighted by atomic mass is 79.9. The summed E-state index contributed by atoms with van der Waals surface area (Å²) in [5.41, 5.74) is 4.99. The Morgan fingerprint density at radius 2 is 2.11 bits per heavy atom. The van der Waals surface area contributed by atoms with Crippen molar-refractivity contribution in [1.29, 1.82) is 0 Å². The van der Waals surface area contributed by atoms with Gasteiger partial charge in [-0.2, -0.15) is 0 Å². The standard InChI is InChI=1S/C12H19BrN2O2S/c1-9-5-6-10(13)8-11(9)12(15-14)4-3-7-18(2,16)17/h5-6,8,12,15H,3-4,7,14H2,1-2H3. The fourth-order valence-corrected chi connectivity index (χ4v) is 2.93. The van der Waals surface area contributed by atoms with Gasteiger partial charge in [-0.25, -0.2) is 8.42 Å². The molecule has 0 bridgehead atoms. The quantitative estimate of drug-likeness (QED) is 0.617. The van der Waals surface area contributed by atoms with Crippen LogP contribution in [0.4, 0.5) is 0 Å². The van der Waals surface area contributed by atoms with Crippen LogP contribution < -0.4 is 11.3 Å². The van der Waals surface area contributed by atoms with Gasteiger partial charge in [-0.05, 0) is 43.0 Å². The molecule has 1 unspecified atom stereocenters. The maximum Gasteiger partial charge on any atom is 0.147 e. The molecule has 3 N–H and O–H groups in total. The molecule has 4 nitrogen and oxygen atoms in total. The van der Waals surface area contributed by atoms with E-state index in [2.05, 4.69) is 21.4 Å². The molecule has 0 saturated carbocycles. The molecule has 0 radical (unpaired) electrons. The summed E-state index contributed by atoms with van der Waals surface area (Å²) in [6.45, 7) is 2.02. The highest BCUT2D eigenvalue weighted by molar-refractivity contribution is 9.10. The van der Waals surface area contributed by atoms with Crippen LogP contribution in [-0.2, 0) is 9.84 Å². The minimum atomic E-state index is -2.91. The smallest absolute Gasteiger partial charge is 0.147 e. The van der Waals surface area contributed by atoms with Gasteiger partial charge in [0.25, 0.3) is 0 Å². The number of sulfone groups is 1. The second kappa shape index (κ2) is 6.65. The zero-order valence-corrected chi connectivity index (χ0v) is 13.0. The molecular weight excluding hydrogens is 316 g/mol. The van der Waals surface area contributed by atoms with E-state index < -0.39 is 9.84 Å². The van der Waals surface area contributed by atoms with E-state index in [1.54, 1.807) is 0 Å². The first-order valence-corrected chi connectivity index (χ1v) is 8.59. The normalized spacial score (nSPS) is 13.6. The number of halogens is 1. The lowest BCUT2D eigenvalue weighted by Crippen LogP contribution is -2.29. The van der Waals surface area contributed by atoms with Crippen molar-refractivity contribution in [1.82, 2.24) is 5.43 Å². The fraction of sp³-hybridized carbons (Fsp3) is 0.500. The second-order valence-corrected chi connectivity index (χ2v) is 7.67. The number of hydrogen-bond acceptors (Lipinski definition) is 4. The Hall–Kier alpha value is -0.430. The van der Waals surface area contributed by atoms with Gasteiger partial charge in [-0.15, -0.1) is 0 Å². The van der Waals surface area contributed by atoms with Crippen molar-refractivity contribution < 1.29 is 8.42 Å². The third kappa shape index (κ3) is 5.06. The van der Waals surface area contributed by atoms with E-state index in [1.807, 2.05) is 25.1 Å². The molecule has 0 fully saturated rings. The summed E-state index contributed by atoms with van der Waals surface area (Å²) >= 11 is 3.43. The van der Waals surface area contributed by atoms with Crippen LogP contribution in [0.2, 0.25) is 0 Å². The van der Waals surface area contributed by atoms with Gasteiger partial charge in [0, 0.05) is 22.5 Å². The summed E-state index contributed by atoms with van der Waals surface area (Å²) in [6.07, 6.45) is 2.54. The van der Waals surface area contributed by atoms with E-state index in [-0.39, 0.29) is 11.8 Å². The molecule has 0 aliphatic heterocycles. The molecule has 1 aromatic rings. The van der Waals surface area contributed by atoms with Gasteiger partial charge in [0.2, 0.25) is 0 Å². The van der Waals surface area contributed by atoms with Gasteiger partial charge in [0.1, 0.15) is 9.84 Å². The topological polar surface area (TPSA) is 72.2 Å². The number of hydrogen-bond donors (Lipinski definition) is 2. The van der Waals surface area contributed by atoms with Gasteiger partial charge in [-0.1, -0.05) is 22.0 Å². The van der Waals surface area contributed by atoms with E-state index in [0.717, 1.165) is 15.6 Å². The van der Waals surface area contributed by atoms with Crippen molar-refractivity contribution in [3.8, 4) is 0 Å². The first-order valence-electron chi connectivity index (χ1n) is 5.73. The predicted molar refractivity (Wildman–Crippen MR) is 77.9 cm³/mol. The average Bonchev–Trinajstić information content (AvgIpc) is 2.27. The van der Waals surface area contributed by atoms with Crippen LogP contribution in [0.1, 0.15) is 30.0 Å². The number of hydrazine groups is 1. The van der Waals surface area contributed by atoms with E-state index in [9.17, 15) is 8.42 Å². The lowest BCUT2D eigenvalue weighted by molar-refractivity contribution is 0.505. The molecule has 1 rings (SSSR count). The Labute approximate surface area is 117 Å². The second-order valence-electron chi connectivity index (χ2n) is 4.49. The summed E-state index contributed by atoms with van der Waals surface area (Å²) in [4.78, 5) is 0. The molecule has 0 saturated heterocycles. The number of nitrogens with two attached hydrogens (primary N) is 1. The summed E-state index contributed by atoms with van der Waals surface area (Å²) < 4.78 is 23.2. The monoisotopic (exact) mass is 334 g/mol. The zero-order valence-electron chi connectivity index (χ0n) is 10.6. The Balaban J connectivity index is 2.74. The number of aryl methyl sites for hydroxylation is 1. The van der Waals surface area contributed by atoms with Gasteiger partial charge in [-0.3, -0.25) is 11.3 Å². The SMILES string of the molecule is Cc1ccc(Br)cc1C(CCCS(C)(=O)=O)NN. The largest absolute Gasteiger partial charge is 0.271 e. The maximum atomic E-state index is 11.1. The van der Waals surface area contributed by atoms with Crippen LogP contribution in [0.25, 0.3) is 0 Å². The first-order chi connectivity index (χ1) is 8.33. The van der Waals surface area contributed by atoms with Crippen LogP contribution in [0, 0.1) is 6.92 Å². The molecule has 0 heterocycles. The minimum Gasteiger partial charge on any atom is -0.271 e. The third-order valence-corrected chi connectivity index (χ3v) is 4.35. The molecule has 6 heteroatoms. The number of benzene rings is 1. The summed E-state index contributed by atoms with van der Waals surface area (Å²) in [6, 6.07) is 5.98. The highest BCUT2D eigenvalue weighted by Crippen LogP contribution is 2.25. The van der Waals surface area contributed by atoms with Crippen LogP contribution in [0.3, 0.4) is 0 Å². The molecule has 1 atom stereocenters. The average molecular weight is 335 g/mol. The molecule has 0 spiro atoms. The van der Waals surface area contributed by atoms with Crippen LogP contribution in [0.5, 0.6) is 0 Å². The summed E-state index contributed by atoms with van der Waals surface area (Å²) in [5, 5.41) is 0. The molecule has 0 aliphatic rings. The van der Waals surface area contributed by atoms with Crippen molar-refractivity contribution in [2.24, 2.45) is 5.84 Å². The van der Waals surface area contributed by atoms with E-state index in [1.165, 1.54) is 6.26 Å². The Morgan fingerprint density at radius 3 is 2.67 bits per heavy atom. The molecular formula is C12H19BrN2O2S. The maximum absolute atomic E-state index is 11.1. The summed E-state index contributed by atoms with van der Waals surface area (Å²) in [7, 11) is -2.91. The Morgan fingerprint density at radius 1 is 1.44 bits per heavy atom. The molecule has 18 heavy (non-hydrogen) atoms. The number of nitrogens with one attached hydrogen (secondary N) is 1. The van der Waals surface area contributed by atoms with Crippen molar-refractivity contribution in [3.05, 3.63) is 33.8 Å². The van der Waals surface area contributed by atoms with E-state index >= 15 is 0 Å². The van der Waals surface area contributed by atoms with Gasteiger partial charge >= 0.3 is 0 Å². The van der Waals surface area contributed by atoms with Gasteiger partial charge < -0.3 is 0 Å². The third-order valence-electron chi connectivity index (χ3n) is 2.83. The molecule has 0 amide bonds. The van der Waals surface area contributed by atoms with Crippen molar-refractivity contribution >= 4 is 25.8 Å². The zero-order chi connectivity index (χ0) is 13.8. The van der Waals surface area contributed by atoms with Crippen LogP contribution >= 0.6 is 15.9 Å². The lowest BCUT2D eigenvalue weighted by Gasteiger charge is -2.18. The van der Waals surface area contributed by atoms with E-state index in [4.69, 9.17) is 5.84 Å². The highest BCUT2D eigenvalue weighted by Gasteiger charge is 2.13. The summed E-state index contributed by atoms with van der Waals surface area (Å²) in [5.74, 6) is 5.75. The van der Waals surface area contributed by atoms with Crippen LogP contribution in [-0.4, -0.2) is 20.4 Å². The van der Waals surface area contributed by atoms with Crippen molar-refractivity contribution in [2.45, 2.75) is 25.8 Å². The lowest BCUT2D eigenvalue weighted by atomic mass is 9.98. The van der Waals surface area contributed by atoms with Crippen molar-refractivity contribution in [2.75, 3.05) is 12.0 Å². The first kappa shape index (κ1) is 15.6. The molecule has 0 aliphatic carbocycles. The van der Waals surface area contributed by atoms with Crippen molar-refractivity contribution in [3.63, 3.8) is 0 Å². The van der Waals surface area contributed by atoms with Crippen LogP contribution in [0.15, 0.2) is 22.7 Å².